The van der Waals surface area contributed by atoms with Crippen LogP contribution in [0.3, 0.4) is 0 Å². The minimum atomic E-state index is -1.16. The molecule has 19 heavy (non-hydrogen) atoms. The van der Waals surface area contributed by atoms with E-state index in [-0.39, 0.29) is 17.4 Å². The largest absolute Gasteiger partial charge is 0.481 e. The van der Waals surface area contributed by atoms with Gasteiger partial charge >= 0.3 is 5.97 Å². The van der Waals surface area contributed by atoms with E-state index in [1.54, 1.807) is 6.92 Å². The van der Waals surface area contributed by atoms with Gasteiger partial charge in [0.15, 0.2) is 0 Å². The molecule has 0 bridgehead atoms. The molecule has 0 saturated heterocycles. The summed E-state index contributed by atoms with van der Waals surface area (Å²) in [6, 6.07) is 0. The third kappa shape index (κ3) is 2.00. The molecule has 0 heterocycles. The van der Waals surface area contributed by atoms with E-state index in [1.807, 2.05) is 20.8 Å². The summed E-state index contributed by atoms with van der Waals surface area (Å²) in [6.45, 7) is 7.68. The van der Waals surface area contributed by atoms with Crippen LogP contribution in [0.2, 0.25) is 0 Å². The highest BCUT2D eigenvalue weighted by Crippen LogP contribution is 2.61. The summed E-state index contributed by atoms with van der Waals surface area (Å²) < 4.78 is 0. The van der Waals surface area contributed by atoms with Crippen molar-refractivity contribution in [2.75, 3.05) is 0 Å². The molecule has 0 radical (unpaired) electrons. The fourth-order valence-electron chi connectivity index (χ4n) is 4.96. The zero-order valence-electron chi connectivity index (χ0n) is 12.3. The predicted octanol–water partition coefficient (Wildman–Crippen LogP) is 2.04. The number of hydrogen-bond donors (Lipinski definition) is 3. The van der Waals surface area contributed by atoms with E-state index in [2.05, 4.69) is 0 Å². The maximum absolute atomic E-state index is 11.7. The van der Waals surface area contributed by atoms with Crippen molar-refractivity contribution in [2.45, 2.75) is 65.1 Å². The van der Waals surface area contributed by atoms with Crippen molar-refractivity contribution in [1.82, 2.24) is 0 Å². The molecule has 2 saturated carbocycles. The van der Waals surface area contributed by atoms with Crippen LogP contribution in [0.15, 0.2) is 0 Å². The minimum absolute atomic E-state index is 0.130. The molecule has 0 spiro atoms. The molecule has 3 N–H and O–H groups in total. The van der Waals surface area contributed by atoms with E-state index in [0.717, 1.165) is 6.42 Å². The Morgan fingerprint density at radius 3 is 2.21 bits per heavy atom. The monoisotopic (exact) mass is 270 g/mol. The second-order valence-corrected chi connectivity index (χ2v) is 7.60. The fraction of sp³-hybridized carbons (Fsp3) is 0.933. The van der Waals surface area contributed by atoms with Gasteiger partial charge in [-0.1, -0.05) is 20.8 Å². The normalized spacial score (nSPS) is 49.5. The van der Waals surface area contributed by atoms with Gasteiger partial charge in [-0.15, -0.1) is 0 Å². The van der Waals surface area contributed by atoms with Crippen LogP contribution in [-0.4, -0.2) is 33.0 Å². The molecule has 4 nitrogen and oxygen atoms in total. The van der Waals surface area contributed by atoms with Gasteiger partial charge in [-0.25, -0.2) is 0 Å². The van der Waals surface area contributed by atoms with E-state index >= 15 is 0 Å². The molecule has 5 atom stereocenters. The Hall–Kier alpha value is -0.610. The van der Waals surface area contributed by atoms with E-state index in [9.17, 15) is 20.1 Å². The Kier molecular flexibility index (Phi) is 3.26. The average Bonchev–Trinajstić information content (AvgIpc) is 2.21. The lowest BCUT2D eigenvalue weighted by Gasteiger charge is -2.60. The Morgan fingerprint density at radius 2 is 1.68 bits per heavy atom. The van der Waals surface area contributed by atoms with Gasteiger partial charge in [0.25, 0.3) is 0 Å². The lowest BCUT2D eigenvalue weighted by atomic mass is 9.45. The number of carbonyl (C=O) groups is 1. The van der Waals surface area contributed by atoms with Gasteiger partial charge in [0, 0.05) is 0 Å². The molecule has 0 aromatic carbocycles. The number of fused-ring (bicyclic) bond motifs is 1. The van der Waals surface area contributed by atoms with Crippen molar-refractivity contribution in [3.05, 3.63) is 0 Å². The van der Waals surface area contributed by atoms with Crippen LogP contribution >= 0.6 is 0 Å². The number of carboxylic acid groups (broad SMARTS) is 1. The topological polar surface area (TPSA) is 77.8 Å². The van der Waals surface area contributed by atoms with Crippen LogP contribution in [0, 0.1) is 22.7 Å². The van der Waals surface area contributed by atoms with Gasteiger partial charge in [0.1, 0.15) is 0 Å². The molecule has 110 valence electrons. The van der Waals surface area contributed by atoms with Gasteiger partial charge in [0.2, 0.25) is 0 Å². The molecule has 4 heteroatoms. The predicted molar refractivity (Wildman–Crippen MR) is 71.6 cm³/mol. The third-order valence-corrected chi connectivity index (χ3v) is 5.98. The quantitative estimate of drug-likeness (QED) is 0.681. The van der Waals surface area contributed by atoms with Crippen LogP contribution in [-0.2, 0) is 4.79 Å². The Labute approximate surface area is 114 Å². The Bertz CT molecular complexity index is 388. The van der Waals surface area contributed by atoms with E-state index in [0.29, 0.717) is 19.3 Å². The van der Waals surface area contributed by atoms with Crippen molar-refractivity contribution in [1.29, 1.82) is 0 Å². The highest BCUT2D eigenvalue weighted by molar-refractivity contribution is 5.73. The number of rotatable bonds is 1. The van der Waals surface area contributed by atoms with Crippen molar-refractivity contribution < 1.29 is 20.1 Å². The summed E-state index contributed by atoms with van der Waals surface area (Å²) >= 11 is 0. The molecule has 2 rings (SSSR count). The van der Waals surface area contributed by atoms with Gasteiger partial charge in [-0.05, 0) is 49.4 Å². The van der Waals surface area contributed by atoms with Crippen LogP contribution < -0.4 is 0 Å². The van der Waals surface area contributed by atoms with Crippen LogP contribution in [0.1, 0.15) is 53.4 Å². The molecule has 2 fully saturated rings. The highest BCUT2D eigenvalue weighted by Gasteiger charge is 2.62. The molecule has 2 aliphatic rings. The smallest absolute Gasteiger partial charge is 0.309 e. The van der Waals surface area contributed by atoms with Gasteiger partial charge in [-0.3, -0.25) is 4.79 Å². The standard InChI is InChI=1S/C15H26O4/c1-13(2)9-5-8-15(4,19)11(12(17)18)14(9,3)7-6-10(13)16/h9-11,16,19H,5-8H2,1-4H3,(H,17,18). The summed E-state index contributed by atoms with van der Waals surface area (Å²) in [4.78, 5) is 11.7. The zero-order valence-corrected chi connectivity index (χ0v) is 12.3. The number of aliphatic hydroxyl groups is 2. The summed E-state index contributed by atoms with van der Waals surface area (Å²) in [5, 5.41) is 30.3. The van der Waals surface area contributed by atoms with Crippen LogP contribution in [0.4, 0.5) is 0 Å². The Balaban J connectivity index is 2.47. The van der Waals surface area contributed by atoms with Crippen molar-refractivity contribution >= 4 is 5.97 Å². The molecule has 2 aliphatic carbocycles. The fourth-order valence-corrected chi connectivity index (χ4v) is 4.96. The van der Waals surface area contributed by atoms with Crippen LogP contribution in [0.25, 0.3) is 0 Å². The summed E-state index contributed by atoms with van der Waals surface area (Å²) in [5.74, 6) is -1.54. The van der Waals surface area contributed by atoms with Crippen LogP contribution in [0.5, 0.6) is 0 Å². The maximum Gasteiger partial charge on any atom is 0.309 e. The average molecular weight is 270 g/mol. The van der Waals surface area contributed by atoms with E-state index in [1.165, 1.54) is 0 Å². The lowest BCUT2D eigenvalue weighted by Crippen LogP contribution is -2.62. The van der Waals surface area contributed by atoms with Crippen molar-refractivity contribution in [3.63, 3.8) is 0 Å². The minimum Gasteiger partial charge on any atom is -0.481 e. The number of aliphatic hydroxyl groups excluding tert-OH is 1. The number of hydrogen-bond acceptors (Lipinski definition) is 3. The summed E-state index contributed by atoms with van der Waals surface area (Å²) in [5.41, 5.74) is -1.90. The molecule has 0 aromatic heterocycles. The lowest BCUT2D eigenvalue weighted by molar-refractivity contribution is -0.207. The maximum atomic E-state index is 11.7. The number of carboxylic acids is 1. The van der Waals surface area contributed by atoms with Crippen molar-refractivity contribution in [3.8, 4) is 0 Å². The first-order chi connectivity index (χ1) is 8.53. The summed E-state index contributed by atoms with van der Waals surface area (Å²) in [6.07, 6.45) is 2.15. The second-order valence-electron chi connectivity index (χ2n) is 7.60. The first kappa shape index (κ1) is 14.8. The second kappa shape index (κ2) is 4.19. The van der Waals surface area contributed by atoms with E-state index in [4.69, 9.17) is 0 Å². The molecular formula is C15H26O4. The molecule has 0 amide bonds. The molecule has 0 aromatic rings. The van der Waals surface area contributed by atoms with E-state index < -0.39 is 22.9 Å². The zero-order chi connectivity index (χ0) is 14.6. The molecular weight excluding hydrogens is 244 g/mol. The SMILES string of the molecule is CC1(O)CCC2C(C)(C)C(O)CCC2(C)C1C(=O)O. The Morgan fingerprint density at radius 1 is 1.11 bits per heavy atom. The molecule has 5 unspecified atom stereocenters. The first-order valence-electron chi connectivity index (χ1n) is 7.17. The van der Waals surface area contributed by atoms with Gasteiger partial charge in [0.05, 0.1) is 17.6 Å². The highest BCUT2D eigenvalue weighted by atomic mass is 16.4. The first-order valence-corrected chi connectivity index (χ1v) is 7.17. The number of aliphatic carboxylic acids is 1. The van der Waals surface area contributed by atoms with Crippen molar-refractivity contribution in [2.24, 2.45) is 22.7 Å². The third-order valence-electron chi connectivity index (χ3n) is 5.98. The van der Waals surface area contributed by atoms with Gasteiger partial charge < -0.3 is 15.3 Å². The summed E-state index contributed by atoms with van der Waals surface area (Å²) in [7, 11) is 0. The molecule has 0 aliphatic heterocycles. The van der Waals surface area contributed by atoms with Gasteiger partial charge in [-0.2, -0.15) is 0 Å².